The van der Waals surface area contributed by atoms with Crippen LogP contribution in [0.5, 0.6) is 0 Å². The molecule has 0 fully saturated rings. The topological polar surface area (TPSA) is 77.0 Å². The first-order valence-electron chi connectivity index (χ1n) is 5.31. The molecule has 0 aliphatic heterocycles. The van der Waals surface area contributed by atoms with E-state index in [4.69, 9.17) is 10.3 Å². The van der Waals surface area contributed by atoms with E-state index in [1.165, 1.54) is 11.8 Å². The van der Waals surface area contributed by atoms with Crippen molar-refractivity contribution >= 4 is 28.7 Å². The predicted molar refractivity (Wildman–Crippen MR) is 70.2 cm³/mol. The highest BCUT2D eigenvalue weighted by atomic mass is 32.2. The van der Waals surface area contributed by atoms with Crippen LogP contribution in [0.4, 0.5) is 5.82 Å². The second-order valence-corrected chi connectivity index (χ2v) is 4.60. The Morgan fingerprint density at radius 1 is 1.22 bits per heavy atom. The maximum absolute atomic E-state index is 5.63. The van der Waals surface area contributed by atoms with Crippen molar-refractivity contribution in [3.63, 3.8) is 0 Å². The number of anilines is 1. The Morgan fingerprint density at radius 2 is 2.11 bits per heavy atom. The summed E-state index contributed by atoms with van der Waals surface area (Å²) in [6.45, 7) is 0. The van der Waals surface area contributed by atoms with Crippen molar-refractivity contribution in [1.29, 1.82) is 0 Å². The Kier molecular flexibility index (Phi) is 2.87. The molecule has 3 aromatic rings. The molecule has 0 aliphatic carbocycles. The summed E-state index contributed by atoms with van der Waals surface area (Å²) in [7, 11) is 0. The van der Waals surface area contributed by atoms with E-state index >= 15 is 0 Å². The zero-order valence-electron chi connectivity index (χ0n) is 9.33. The van der Waals surface area contributed by atoms with Gasteiger partial charge in [-0.25, -0.2) is 15.8 Å². The fourth-order valence-corrected chi connectivity index (χ4v) is 2.33. The maximum atomic E-state index is 5.63. The fraction of sp³-hybridized carbons (Fsp3) is 0. The molecule has 0 saturated carbocycles. The molecule has 3 rings (SSSR count). The first kappa shape index (κ1) is 11.1. The molecule has 0 unspecified atom stereocenters. The van der Waals surface area contributed by atoms with Crippen LogP contribution < -0.4 is 11.3 Å². The van der Waals surface area contributed by atoms with Crippen LogP contribution in [0.2, 0.25) is 0 Å². The van der Waals surface area contributed by atoms with Gasteiger partial charge in [-0.1, -0.05) is 12.1 Å². The number of nitrogens with zero attached hydrogens (tertiary/aromatic N) is 2. The minimum atomic E-state index is 0.602. The van der Waals surface area contributed by atoms with Gasteiger partial charge in [0.25, 0.3) is 5.22 Å². The molecule has 18 heavy (non-hydrogen) atoms. The van der Waals surface area contributed by atoms with Gasteiger partial charge in [0.1, 0.15) is 11.3 Å². The van der Waals surface area contributed by atoms with Gasteiger partial charge in [0.2, 0.25) is 0 Å². The SMILES string of the molecule is NNc1cc(Sc2nc3ccccc3o2)ccn1. The third-order valence-electron chi connectivity index (χ3n) is 2.36. The lowest BCUT2D eigenvalue weighted by molar-refractivity contribution is 0.489. The summed E-state index contributed by atoms with van der Waals surface area (Å²) in [6.07, 6.45) is 1.68. The number of fused-ring (bicyclic) bond motifs is 1. The predicted octanol–water partition coefficient (Wildman–Crippen LogP) is 2.66. The van der Waals surface area contributed by atoms with E-state index in [-0.39, 0.29) is 0 Å². The second-order valence-electron chi connectivity index (χ2n) is 3.57. The van der Waals surface area contributed by atoms with Crippen molar-refractivity contribution in [3.05, 3.63) is 42.6 Å². The highest BCUT2D eigenvalue weighted by Crippen LogP contribution is 2.30. The average molecular weight is 258 g/mol. The zero-order valence-corrected chi connectivity index (χ0v) is 10.1. The molecule has 0 aliphatic rings. The highest BCUT2D eigenvalue weighted by Gasteiger charge is 2.07. The number of oxazole rings is 1. The first-order valence-corrected chi connectivity index (χ1v) is 6.13. The minimum Gasteiger partial charge on any atom is -0.431 e. The molecule has 0 atom stereocenters. The summed E-state index contributed by atoms with van der Waals surface area (Å²) in [5, 5.41) is 0.602. The monoisotopic (exact) mass is 258 g/mol. The number of hydrogen-bond acceptors (Lipinski definition) is 6. The van der Waals surface area contributed by atoms with Crippen LogP contribution in [-0.4, -0.2) is 9.97 Å². The number of aromatic nitrogens is 2. The third kappa shape index (κ3) is 2.15. The molecular formula is C12H10N4OS. The molecule has 1 aromatic carbocycles. The smallest absolute Gasteiger partial charge is 0.261 e. The second kappa shape index (κ2) is 4.67. The molecule has 2 aromatic heterocycles. The van der Waals surface area contributed by atoms with Gasteiger partial charge < -0.3 is 9.84 Å². The number of nitrogens with one attached hydrogen (secondary N) is 1. The Morgan fingerprint density at radius 3 is 2.94 bits per heavy atom. The molecule has 2 heterocycles. The number of hydrazine groups is 1. The standard InChI is InChI=1S/C12H10N4OS/c13-16-11-7-8(5-6-14-11)18-12-15-9-3-1-2-4-10(9)17-12/h1-7H,13H2,(H,14,16). The molecule has 3 N–H and O–H groups in total. The Labute approximate surface area is 107 Å². The van der Waals surface area contributed by atoms with Crippen LogP contribution in [0.1, 0.15) is 0 Å². The normalized spacial score (nSPS) is 10.7. The van der Waals surface area contributed by atoms with Gasteiger partial charge in [-0.3, -0.25) is 0 Å². The number of rotatable bonds is 3. The first-order chi connectivity index (χ1) is 8.85. The van der Waals surface area contributed by atoms with Gasteiger partial charge in [-0.05, 0) is 36.0 Å². The van der Waals surface area contributed by atoms with E-state index in [0.717, 1.165) is 16.0 Å². The lowest BCUT2D eigenvalue weighted by Crippen LogP contribution is -2.07. The molecular weight excluding hydrogens is 248 g/mol. The van der Waals surface area contributed by atoms with Crippen molar-refractivity contribution in [2.24, 2.45) is 5.84 Å². The molecule has 90 valence electrons. The largest absolute Gasteiger partial charge is 0.431 e. The molecule has 0 spiro atoms. The summed E-state index contributed by atoms with van der Waals surface area (Å²) in [4.78, 5) is 9.39. The maximum Gasteiger partial charge on any atom is 0.261 e. The summed E-state index contributed by atoms with van der Waals surface area (Å²) < 4.78 is 5.63. The van der Waals surface area contributed by atoms with Crippen molar-refractivity contribution < 1.29 is 4.42 Å². The van der Waals surface area contributed by atoms with Crippen LogP contribution >= 0.6 is 11.8 Å². The number of para-hydroxylation sites is 2. The Hall–Kier alpha value is -2.05. The number of nitrogen functional groups attached to an aromatic ring is 1. The van der Waals surface area contributed by atoms with Gasteiger partial charge in [-0.15, -0.1) is 0 Å². The van der Waals surface area contributed by atoms with E-state index in [1.807, 2.05) is 36.4 Å². The van der Waals surface area contributed by atoms with E-state index in [0.29, 0.717) is 11.0 Å². The molecule has 0 saturated heterocycles. The Balaban J connectivity index is 1.91. The van der Waals surface area contributed by atoms with Crippen LogP contribution in [-0.2, 0) is 0 Å². The third-order valence-corrected chi connectivity index (χ3v) is 3.20. The van der Waals surface area contributed by atoms with Gasteiger partial charge in [-0.2, -0.15) is 0 Å². The van der Waals surface area contributed by atoms with Crippen LogP contribution in [0.25, 0.3) is 11.1 Å². The minimum absolute atomic E-state index is 0.602. The summed E-state index contributed by atoms with van der Waals surface area (Å²) >= 11 is 1.43. The summed E-state index contributed by atoms with van der Waals surface area (Å²) in [5.41, 5.74) is 4.14. The number of pyridine rings is 1. The van der Waals surface area contributed by atoms with Gasteiger partial charge >= 0.3 is 0 Å². The average Bonchev–Trinajstić information content (AvgIpc) is 2.81. The van der Waals surface area contributed by atoms with E-state index < -0.39 is 0 Å². The molecule has 0 radical (unpaired) electrons. The molecule has 0 bridgehead atoms. The number of hydrogen-bond donors (Lipinski definition) is 2. The Bertz CT molecular complexity index is 649. The lowest BCUT2D eigenvalue weighted by atomic mass is 10.3. The van der Waals surface area contributed by atoms with Crippen molar-refractivity contribution in [3.8, 4) is 0 Å². The highest BCUT2D eigenvalue weighted by molar-refractivity contribution is 7.99. The van der Waals surface area contributed by atoms with E-state index in [1.54, 1.807) is 6.20 Å². The fourth-order valence-electron chi connectivity index (χ4n) is 1.55. The quantitative estimate of drug-likeness (QED) is 0.555. The molecule has 5 nitrogen and oxygen atoms in total. The van der Waals surface area contributed by atoms with Crippen LogP contribution in [0.3, 0.4) is 0 Å². The summed E-state index contributed by atoms with van der Waals surface area (Å²) in [6, 6.07) is 11.4. The van der Waals surface area contributed by atoms with Gasteiger partial charge in [0.15, 0.2) is 5.58 Å². The van der Waals surface area contributed by atoms with E-state index in [9.17, 15) is 0 Å². The van der Waals surface area contributed by atoms with Gasteiger partial charge in [0, 0.05) is 11.1 Å². The van der Waals surface area contributed by atoms with Crippen LogP contribution in [0.15, 0.2) is 57.1 Å². The van der Waals surface area contributed by atoms with E-state index in [2.05, 4.69) is 15.4 Å². The van der Waals surface area contributed by atoms with Crippen molar-refractivity contribution in [1.82, 2.24) is 9.97 Å². The van der Waals surface area contributed by atoms with Crippen LogP contribution in [0, 0.1) is 0 Å². The molecule has 6 heteroatoms. The molecule has 0 amide bonds. The van der Waals surface area contributed by atoms with Crippen molar-refractivity contribution in [2.75, 3.05) is 5.43 Å². The van der Waals surface area contributed by atoms with Gasteiger partial charge in [0.05, 0.1) is 0 Å². The summed E-state index contributed by atoms with van der Waals surface area (Å²) in [5.74, 6) is 5.92. The lowest BCUT2D eigenvalue weighted by Gasteiger charge is -2.00. The number of nitrogens with two attached hydrogens (primary N) is 1. The zero-order chi connectivity index (χ0) is 12.4. The van der Waals surface area contributed by atoms with Crippen molar-refractivity contribution in [2.45, 2.75) is 10.1 Å². The number of benzene rings is 1.